The zero-order valence-electron chi connectivity index (χ0n) is 17.2. The lowest BCUT2D eigenvalue weighted by Crippen LogP contribution is -2.32. The maximum absolute atomic E-state index is 13.3. The van der Waals surface area contributed by atoms with Crippen LogP contribution in [-0.2, 0) is 13.0 Å². The molecule has 5 rings (SSSR count). The number of carbonyl (C=O) groups is 1. The molecule has 1 aliphatic carbocycles. The van der Waals surface area contributed by atoms with E-state index in [9.17, 15) is 14.7 Å². The molecule has 2 heterocycles. The van der Waals surface area contributed by atoms with Crippen LogP contribution < -0.4 is 10.9 Å². The van der Waals surface area contributed by atoms with Gasteiger partial charge in [-0.05, 0) is 55.9 Å². The molecule has 2 aromatic carbocycles. The summed E-state index contributed by atoms with van der Waals surface area (Å²) >= 11 is 0. The Hall–Kier alpha value is -3.15. The molecule has 3 aromatic rings. The summed E-state index contributed by atoms with van der Waals surface area (Å²) in [5.74, 6) is -0.0881. The van der Waals surface area contributed by atoms with E-state index in [0.29, 0.717) is 11.1 Å². The van der Waals surface area contributed by atoms with Crippen LogP contribution in [0.5, 0.6) is 0 Å². The van der Waals surface area contributed by atoms with E-state index in [1.807, 2.05) is 36.6 Å². The van der Waals surface area contributed by atoms with Crippen molar-refractivity contribution in [3.05, 3.63) is 69.3 Å². The largest absolute Gasteiger partial charge is 0.478 e. The summed E-state index contributed by atoms with van der Waals surface area (Å²) in [7, 11) is 0. The number of nitrogens with one attached hydrogen (secondary N) is 1. The van der Waals surface area contributed by atoms with Gasteiger partial charge in [0, 0.05) is 24.2 Å². The summed E-state index contributed by atoms with van der Waals surface area (Å²) in [5, 5.41) is 13.5. The summed E-state index contributed by atoms with van der Waals surface area (Å²) in [4.78, 5) is 29.8. The number of fused-ring (bicyclic) bond motifs is 2. The number of para-hydroxylation sites is 1. The molecule has 0 amide bonds. The van der Waals surface area contributed by atoms with E-state index in [0.717, 1.165) is 35.4 Å². The van der Waals surface area contributed by atoms with E-state index in [-0.39, 0.29) is 22.6 Å². The third kappa shape index (κ3) is 2.90. The van der Waals surface area contributed by atoms with Crippen molar-refractivity contribution in [3.8, 4) is 0 Å². The highest BCUT2D eigenvalue weighted by Crippen LogP contribution is 2.48. The molecule has 1 aliphatic heterocycles. The van der Waals surface area contributed by atoms with Gasteiger partial charge in [0.05, 0.1) is 22.5 Å². The number of rotatable bonds is 4. The van der Waals surface area contributed by atoms with Gasteiger partial charge in [0.1, 0.15) is 5.82 Å². The Bertz CT molecular complexity index is 1240. The molecule has 0 unspecified atom stereocenters. The second-order valence-electron chi connectivity index (χ2n) is 8.92. The second-order valence-corrected chi connectivity index (χ2v) is 8.92. The molecule has 1 aromatic heterocycles. The Morgan fingerprint density at radius 3 is 2.73 bits per heavy atom. The van der Waals surface area contributed by atoms with Crippen molar-refractivity contribution in [2.24, 2.45) is 5.41 Å². The van der Waals surface area contributed by atoms with Crippen molar-refractivity contribution in [2.75, 3.05) is 5.32 Å². The fraction of sp³-hybridized carbons (Fsp3) is 0.375. The molecule has 1 atom stereocenters. The lowest BCUT2D eigenvalue weighted by molar-refractivity contribution is 0.0698. The van der Waals surface area contributed by atoms with E-state index >= 15 is 0 Å². The lowest BCUT2D eigenvalue weighted by Gasteiger charge is -2.37. The van der Waals surface area contributed by atoms with Gasteiger partial charge in [-0.15, -0.1) is 0 Å². The average Bonchev–Trinajstić information content (AvgIpc) is 3.09. The summed E-state index contributed by atoms with van der Waals surface area (Å²) in [6, 6.07) is 10.6. The molecule has 0 saturated heterocycles. The Labute approximate surface area is 174 Å². The van der Waals surface area contributed by atoms with Gasteiger partial charge in [-0.25, -0.2) is 9.78 Å². The number of nitrogens with zero attached hydrogens (tertiary/aromatic N) is 2. The molecule has 1 spiro atoms. The van der Waals surface area contributed by atoms with E-state index in [1.165, 1.54) is 19.3 Å². The van der Waals surface area contributed by atoms with Gasteiger partial charge >= 0.3 is 5.97 Å². The molecule has 6 heteroatoms. The number of carboxylic acids is 1. The van der Waals surface area contributed by atoms with Crippen molar-refractivity contribution in [1.29, 1.82) is 0 Å². The molecule has 2 aliphatic rings. The number of anilines is 1. The predicted molar refractivity (Wildman–Crippen MR) is 116 cm³/mol. The number of aromatic carboxylic acids is 1. The summed E-state index contributed by atoms with van der Waals surface area (Å²) in [5.41, 5.74) is 3.69. The van der Waals surface area contributed by atoms with Crippen LogP contribution in [0.15, 0.2) is 41.2 Å². The molecule has 0 radical (unpaired) electrons. The van der Waals surface area contributed by atoms with Crippen molar-refractivity contribution >= 4 is 22.6 Å². The predicted octanol–water partition coefficient (Wildman–Crippen LogP) is 4.30. The van der Waals surface area contributed by atoms with Crippen LogP contribution in [0.4, 0.5) is 5.69 Å². The normalized spacial score (nSPS) is 17.5. The molecule has 1 saturated carbocycles. The minimum atomic E-state index is -0.973. The van der Waals surface area contributed by atoms with Crippen LogP contribution in [0.25, 0.3) is 10.9 Å². The first-order valence-electron chi connectivity index (χ1n) is 10.5. The van der Waals surface area contributed by atoms with Gasteiger partial charge in [-0.2, -0.15) is 0 Å². The molecule has 1 fully saturated rings. The molecule has 154 valence electrons. The topological polar surface area (TPSA) is 84.2 Å². The van der Waals surface area contributed by atoms with Gasteiger partial charge in [0.25, 0.3) is 5.56 Å². The molecule has 30 heavy (non-hydrogen) atoms. The average molecular weight is 403 g/mol. The number of benzene rings is 2. The fourth-order valence-electron chi connectivity index (χ4n) is 5.02. The van der Waals surface area contributed by atoms with Crippen molar-refractivity contribution in [2.45, 2.75) is 52.1 Å². The maximum Gasteiger partial charge on any atom is 0.337 e. The number of hydrogen-bond acceptors (Lipinski definition) is 4. The quantitative estimate of drug-likeness (QED) is 0.678. The smallest absolute Gasteiger partial charge is 0.337 e. The van der Waals surface area contributed by atoms with Crippen LogP contribution in [0.3, 0.4) is 0 Å². The zero-order valence-corrected chi connectivity index (χ0v) is 17.2. The van der Waals surface area contributed by atoms with Gasteiger partial charge in [-0.1, -0.05) is 24.6 Å². The number of aromatic nitrogens is 2. The minimum Gasteiger partial charge on any atom is -0.478 e. The number of carboxylic acid groups (broad SMARTS) is 1. The highest BCUT2D eigenvalue weighted by molar-refractivity contribution is 5.94. The number of aryl methyl sites for hydroxylation is 1. The molecule has 6 nitrogen and oxygen atoms in total. The Balaban J connectivity index is 1.60. The van der Waals surface area contributed by atoms with Crippen molar-refractivity contribution < 1.29 is 9.90 Å². The third-order valence-corrected chi connectivity index (χ3v) is 6.75. The fourth-order valence-corrected chi connectivity index (χ4v) is 5.02. The van der Waals surface area contributed by atoms with Gasteiger partial charge in [-0.3, -0.25) is 9.36 Å². The second kappa shape index (κ2) is 6.69. The van der Waals surface area contributed by atoms with Crippen LogP contribution in [0.2, 0.25) is 0 Å². The Kier molecular flexibility index (Phi) is 4.20. The maximum atomic E-state index is 13.3. The molecular formula is C24H25N3O3. The molecular weight excluding hydrogens is 378 g/mol. The van der Waals surface area contributed by atoms with Gasteiger partial charge < -0.3 is 10.4 Å². The molecule has 0 bridgehead atoms. The lowest BCUT2D eigenvalue weighted by atomic mass is 9.68. The summed E-state index contributed by atoms with van der Waals surface area (Å²) < 4.78 is 1.88. The Morgan fingerprint density at radius 2 is 2.03 bits per heavy atom. The highest BCUT2D eigenvalue weighted by atomic mass is 16.4. The van der Waals surface area contributed by atoms with E-state index in [4.69, 9.17) is 4.98 Å². The minimum absolute atomic E-state index is 0.0434. The van der Waals surface area contributed by atoms with E-state index in [1.54, 1.807) is 18.2 Å². The monoisotopic (exact) mass is 403 g/mol. The molecule has 2 N–H and O–H groups in total. The highest BCUT2D eigenvalue weighted by Gasteiger charge is 2.43. The zero-order chi connectivity index (χ0) is 21.0. The van der Waals surface area contributed by atoms with Gasteiger partial charge in [0.15, 0.2) is 0 Å². The van der Waals surface area contributed by atoms with Crippen molar-refractivity contribution in [3.63, 3.8) is 0 Å². The van der Waals surface area contributed by atoms with Crippen LogP contribution >= 0.6 is 0 Å². The van der Waals surface area contributed by atoms with Gasteiger partial charge in [0.2, 0.25) is 0 Å². The van der Waals surface area contributed by atoms with Crippen LogP contribution in [-0.4, -0.2) is 20.6 Å². The first-order chi connectivity index (χ1) is 14.4. The SMILES string of the molecule is Cc1cc([C@@H](C)Nc2ccccc2C(=O)O)c2nc3n(c(=O)c2c1)CC1(CCC1)C3. The van der Waals surface area contributed by atoms with Crippen LogP contribution in [0.1, 0.15) is 59.5 Å². The van der Waals surface area contributed by atoms with Crippen LogP contribution in [0, 0.1) is 12.3 Å². The summed E-state index contributed by atoms with van der Waals surface area (Å²) in [6.07, 6.45) is 4.44. The van der Waals surface area contributed by atoms with E-state index in [2.05, 4.69) is 5.32 Å². The first kappa shape index (κ1) is 18.9. The first-order valence-corrected chi connectivity index (χ1v) is 10.5. The third-order valence-electron chi connectivity index (χ3n) is 6.75. The number of hydrogen-bond donors (Lipinski definition) is 2. The summed E-state index contributed by atoms with van der Waals surface area (Å²) in [6.45, 7) is 4.74. The van der Waals surface area contributed by atoms with Crippen molar-refractivity contribution in [1.82, 2.24) is 9.55 Å². The standard InChI is InChI=1S/C24H25N3O3/c1-14-10-17(15(2)25-19-7-4-3-6-16(19)23(29)30)21-18(11-14)22(28)27-13-24(8-5-9-24)12-20(27)26-21/h3-4,6-7,10-11,15,25H,5,8-9,12-13H2,1-2H3,(H,29,30)/t15-/m1/s1. The van der Waals surface area contributed by atoms with E-state index < -0.39 is 5.97 Å². The Morgan fingerprint density at radius 1 is 1.27 bits per heavy atom.